The van der Waals surface area contributed by atoms with E-state index >= 15 is 0 Å². The van der Waals surface area contributed by atoms with E-state index in [1.54, 1.807) is 18.1 Å². The lowest BCUT2D eigenvalue weighted by molar-refractivity contribution is -0.135. The van der Waals surface area contributed by atoms with Crippen LogP contribution >= 0.6 is 0 Å². The first-order valence-electron chi connectivity index (χ1n) is 18.8. The number of amides is 2. The molecule has 0 bridgehead atoms. The molecule has 1 aliphatic heterocycles. The van der Waals surface area contributed by atoms with Crippen molar-refractivity contribution in [2.24, 2.45) is 17.3 Å². The number of anilines is 1. The van der Waals surface area contributed by atoms with Gasteiger partial charge in [-0.25, -0.2) is 4.98 Å². The number of hydrogen-bond donors (Lipinski definition) is 1. The molecule has 2 amide bonds. The molecular weight excluding hydrogens is 640 g/mol. The van der Waals surface area contributed by atoms with Gasteiger partial charge in [0, 0.05) is 50.6 Å². The molecule has 6 atom stereocenters. The highest BCUT2D eigenvalue weighted by atomic mass is 16.7. The molecule has 1 N–H and O–H groups in total. The second-order valence-corrected chi connectivity index (χ2v) is 15.4. The second kappa shape index (κ2) is 14.1. The Morgan fingerprint density at radius 3 is 2.63 bits per heavy atom. The lowest BCUT2D eigenvalue weighted by Crippen LogP contribution is -2.55. The average molecular weight is 693 g/mol. The van der Waals surface area contributed by atoms with Gasteiger partial charge in [-0.05, 0) is 105 Å². The molecule has 3 aromatic rings. The molecular formula is C42H52N4O5. The number of carbonyl (C=O) groups excluding carboxylic acids is 2. The Kier molecular flexibility index (Phi) is 9.77. The molecule has 1 aromatic heterocycles. The van der Waals surface area contributed by atoms with Crippen molar-refractivity contribution in [2.45, 2.75) is 83.3 Å². The van der Waals surface area contributed by atoms with Gasteiger partial charge in [0.05, 0.1) is 11.2 Å². The molecule has 3 aliphatic carbocycles. The van der Waals surface area contributed by atoms with Crippen LogP contribution < -0.4 is 9.64 Å². The van der Waals surface area contributed by atoms with Gasteiger partial charge in [-0.3, -0.25) is 9.59 Å². The van der Waals surface area contributed by atoms with E-state index < -0.39 is 11.6 Å². The minimum absolute atomic E-state index is 0.0462. The van der Waals surface area contributed by atoms with Gasteiger partial charge in [0.25, 0.3) is 5.91 Å². The number of aromatic nitrogens is 1. The zero-order valence-corrected chi connectivity index (χ0v) is 30.6. The number of aryl methyl sites for hydroxylation is 1. The number of ether oxygens (including phenoxy) is 2. The summed E-state index contributed by atoms with van der Waals surface area (Å²) in [6.07, 6.45) is 12.3. The third-order valence-corrected chi connectivity index (χ3v) is 12.8. The predicted molar refractivity (Wildman–Crippen MR) is 199 cm³/mol. The van der Waals surface area contributed by atoms with Crippen LogP contribution in [0.3, 0.4) is 0 Å². The summed E-state index contributed by atoms with van der Waals surface area (Å²) in [5, 5.41) is 12.4. The van der Waals surface area contributed by atoms with Crippen LogP contribution in [-0.2, 0) is 16.0 Å². The van der Waals surface area contributed by atoms with E-state index in [1.807, 2.05) is 49.1 Å². The summed E-state index contributed by atoms with van der Waals surface area (Å²) in [6, 6.07) is 15.4. The van der Waals surface area contributed by atoms with Gasteiger partial charge in [-0.15, -0.1) is 6.42 Å². The highest BCUT2D eigenvalue weighted by Crippen LogP contribution is 2.64. The monoisotopic (exact) mass is 692 g/mol. The number of para-hydroxylation sites is 1. The molecule has 2 saturated carbocycles. The highest BCUT2D eigenvalue weighted by molar-refractivity contribution is 5.97. The van der Waals surface area contributed by atoms with Crippen LogP contribution in [0, 0.1) is 29.6 Å². The van der Waals surface area contributed by atoms with Crippen molar-refractivity contribution in [1.29, 1.82) is 0 Å². The van der Waals surface area contributed by atoms with Crippen molar-refractivity contribution in [2.75, 3.05) is 51.5 Å². The summed E-state index contributed by atoms with van der Waals surface area (Å²) < 4.78 is 11.5. The van der Waals surface area contributed by atoms with Gasteiger partial charge < -0.3 is 29.3 Å². The van der Waals surface area contributed by atoms with Crippen LogP contribution in [0.2, 0.25) is 0 Å². The largest absolute Gasteiger partial charge is 0.465 e. The van der Waals surface area contributed by atoms with Gasteiger partial charge >= 0.3 is 0 Å². The SMILES string of the molecule is C#C[C@]1(O)CCC2C3CCc4cc(OCOC)c(N5CCN(C(=O)[C@H](C)N(CCC)C(=O)c6ccc7ccccc7n6)CC5)cc4C3CC[C@@]21C. The minimum atomic E-state index is -1.02. The summed E-state index contributed by atoms with van der Waals surface area (Å²) in [6.45, 7) is 9.10. The lowest BCUT2D eigenvalue weighted by atomic mass is 9.53. The van der Waals surface area contributed by atoms with E-state index in [1.165, 1.54) is 11.1 Å². The van der Waals surface area contributed by atoms with Crippen molar-refractivity contribution in [3.05, 3.63) is 65.4 Å². The van der Waals surface area contributed by atoms with Gasteiger partial charge in [0.1, 0.15) is 23.1 Å². The molecule has 3 fully saturated rings. The number of rotatable bonds is 9. The van der Waals surface area contributed by atoms with E-state index in [4.69, 9.17) is 15.9 Å². The number of nitrogens with zero attached hydrogens (tertiary/aromatic N) is 4. The molecule has 0 radical (unpaired) electrons. The zero-order valence-electron chi connectivity index (χ0n) is 30.6. The molecule has 3 unspecified atom stereocenters. The molecule has 0 spiro atoms. The fraction of sp³-hybridized carbons (Fsp3) is 0.548. The molecule has 51 heavy (non-hydrogen) atoms. The third-order valence-electron chi connectivity index (χ3n) is 12.8. The van der Waals surface area contributed by atoms with Crippen molar-refractivity contribution in [1.82, 2.24) is 14.8 Å². The summed E-state index contributed by atoms with van der Waals surface area (Å²) >= 11 is 0. The van der Waals surface area contributed by atoms with E-state index in [0.717, 1.165) is 60.9 Å². The molecule has 2 heterocycles. The molecule has 4 aliphatic rings. The van der Waals surface area contributed by atoms with E-state index in [2.05, 4.69) is 34.9 Å². The maximum Gasteiger partial charge on any atom is 0.273 e. The fourth-order valence-corrected chi connectivity index (χ4v) is 9.93. The maximum atomic E-state index is 14.0. The maximum absolute atomic E-state index is 14.0. The minimum Gasteiger partial charge on any atom is -0.465 e. The number of hydrogen-bond acceptors (Lipinski definition) is 7. The summed E-state index contributed by atoms with van der Waals surface area (Å²) in [7, 11) is 1.63. The van der Waals surface area contributed by atoms with Crippen molar-refractivity contribution >= 4 is 28.4 Å². The molecule has 270 valence electrons. The number of benzene rings is 2. The number of piperazine rings is 1. The Labute approximate surface area is 302 Å². The lowest BCUT2D eigenvalue weighted by Gasteiger charge is -2.52. The molecule has 7 rings (SSSR count). The molecule has 9 heteroatoms. The number of fused-ring (bicyclic) bond motifs is 6. The molecule has 2 aromatic carbocycles. The summed E-state index contributed by atoms with van der Waals surface area (Å²) in [5.74, 6) is 4.66. The smallest absolute Gasteiger partial charge is 0.273 e. The van der Waals surface area contributed by atoms with E-state index in [9.17, 15) is 14.7 Å². The van der Waals surface area contributed by atoms with Crippen molar-refractivity contribution in [3.63, 3.8) is 0 Å². The number of pyridine rings is 1. The Morgan fingerprint density at radius 2 is 1.88 bits per heavy atom. The molecule has 1 saturated heterocycles. The summed E-state index contributed by atoms with van der Waals surface area (Å²) in [4.78, 5) is 38.2. The number of terminal acetylenes is 1. The Bertz CT molecular complexity index is 1830. The van der Waals surface area contributed by atoms with Crippen LogP contribution in [-0.4, -0.2) is 90.0 Å². The zero-order chi connectivity index (χ0) is 35.9. The predicted octanol–water partition coefficient (Wildman–Crippen LogP) is 6.03. The van der Waals surface area contributed by atoms with Gasteiger partial charge in [0.2, 0.25) is 5.91 Å². The molecule has 9 nitrogen and oxygen atoms in total. The quantitative estimate of drug-likeness (QED) is 0.216. The topological polar surface area (TPSA) is 95.4 Å². The van der Waals surface area contributed by atoms with Crippen molar-refractivity contribution < 1.29 is 24.2 Å². The van der Waals surface area contributed by atoms with Gasteiger partial charge in [-0.2, -0.15) is 0 Å². The average Bonchev–Trinajstić information content (AvgIpc) is 3.44. The van der Waals surface area contributed by atoms with E-state index in [-0.39, 0.29) is 24.0 Å². The first-order valence-corrected chi connectivity index (χ1v) is 18.8. The number of methoxy groups -OCH3 is 1. The second-order valence-electron chi connectivity index (χ2n) is 15.4. The van der Waals surface area contributed by atoms with Crippen LogP contribution in [0.15, 0.2) is 48.5 Å². The number of aliphatic hydroxyl groups is 1. The van der Waals surface area contributed by atoms with Crippen LogP contribution in [0.5, 0.6) is 5.75 Å². The van der Waals surface area contributed by atoms with Gasteiger partial charge in [-0.1, -0.05) is 44.0 Å². The first-order chi connectivity index (χ1) is 24.6. The first kappa shape index (κ1) is 35.3. The Hall–Kier alpha value is -4.13. The number of carbonyl (C=O) groups is 2. The standard InChI is InChI=1S/C42H52N4O5/c1-6-20-46(40(48)36-15-13-29-10-8-9-11-35(29)43-36)28(3)39(47)45-23-21-44(22-24-45)37-26-33-30(25-38(37)51-27-50-5)12-14-32-31(33)16-18-41(4)34(32)17-19-42(41,49)7-2/h2,8-11,13,15,25-26,28,31-32,34,49H,6,12,14,16-24,27H2,1,3-5H3/t28-,31?,32?,34?,41-,42-/m0/s1. The Morgan fingerprint density at radius 1 is 1.10 bits per heavy atom. The normalized spacial score (nSPS) is 27.6. The van der Waals surface area contributed by atoms with E-state index in [0.29, 0.717) is 62.6 Å². The van der Waals surface area contributed by atoms with Crippen LogP contribution in [0.25, 0.3) is 10.9 Å². The van der Waals surface area contributed by atoms with Crippen LogP contribution in [0.4, 0.5) is 5.69 Å². The van der Waals surface area contributed by atoms with Gasteiger partial charge in [0.15, 0.2) is 6.79 Å². The van der Waals surface area contributed by atoms with Crippen molar-refractivity contribution in [3.8, 4) is 18.1 Å². The van der Waals surface area contributed by atoms with Crippen LogP contribution in [0.1, 0.15) is 86.8 Å². The summed E-state index contributed by atoms with van der Waals surface area (Å²) in [5.41, 5.74) is 3.63. The Balaban J connectivity index is 1.08. The fourth-order valence-electron chi connectivity index (χ4n) is 9.93. The highest BCUT2D eigenvalue weighted by Gasteiger charge is 2.61. The third kappa shape index (κ3) is 6.14.